The maximum absolute atomic E-state index is 12.3. The molecule has 8 nitrogen and oxygen atoms in total. The van der Waals surface area contributed by atoms with Gasteiger partial charge in [-0.3, -0.25) is 19.1 Å². The molecule has 0 spiro atoms. The SMILES string of the molecule is CCCCn1c(=O)[nH]c(=O)c2c1nc(COC(=O)CC1CC3CCC1C3)n2C. The van der Waals surface area contributed by atoms with Crippen LogP contribution in [0.3, 0.4) is 0 Å². The zero-order valence-electron chi connectivity index (χ0n) is 16.6. The summed E-state index contributed by atoms with van der Waals surface area (Å²) in [6, 6.07) is 0. The van der Waals surface area contributed by atoms with Gasteiger partial charge in [-0.1, -0.05) is 19.8 Å². The van der Waals surface area contributed by atoms with Crippen molar-refractivity contribution in [3.63, 3.8) is 0 Å². The van der Waals surface area contributed by atoms with E-state index in [2.05, 4.69) is 9.97 Å². The van der Waals surface area contributed by atoms with Crippen LogP contribution in [0.25, 0.3) is 11.2 Å². The Morgan fingerprint density at radius 1 is 1.29 bits per heavy atom. The van der Waals surface area contributed by atoms with Crippen LogP contribution in [0.4, 0.5) is 0 Å². The Balaban J connectivity index is 1.50. The van der Waals surface area contributed by atoms with Gasteiger partial charge in [-0.15, -0.1) is 0 Å². The second-order valence-electron chi connectivity index (χ2n) is 8.32. The molecule has 0 saturated heterocycles. The zero-order valence-corrected chi connectivity index (χ0v) is 16.6. The highest BCUT2D eigenvalue weighted by Crippen LogP contribution is 2.49. The fourth-order valence-electron chi connectivity index (χ4n) is 4.99. The number of esters is 1. The van der Waals surface area contributed by atoms with Gasteiger partial charge in [0.2, 0.25) is 0 Å². The largest absolute Gasteiger partial charge is 0.457 e. The highest BCUT2D eigenvalue weighted by atomic mass is 16.5. The quantitative estimate of drug-likeness (QED) is 0.732. The summed E-state index contributed by atoms with van der Waals surface area (Å²) in [6.07, 6.45) is 7.16. The van der Waals surface area contributed by atoms with E-state index in [4.69, 9.17) is 4.74 Å². The Kier molecular flexibility index (Phi) is 5.12. The van der Waals surface area contributed by atoms with Crippen molar-refractivity contribution in [3.05, 3.63) is 26.7 Å². The van der Waals surface area contributed by atoms with Gasteiger partial charge >= 0.3 is 11.7 Å². The lowest BCUT2D eigenvalue weighted by atomic mass is 9.86. The predicted octanol–water partition coefficient (Wildman–Crippen LogP) is 2.09. The maximum atomic E-state index is 12.3. The third kappa shape index (κ3) is 3.40. The molecule has 0 amide bonds. The maximum Gasteiger partial charge on any atom is 0.330 e. The van der Waals surface area contributed by atoms with Crippen molar-refractivity contribution in [2.24, 2.45) is 24.8 Å². The Labute approximate surface area is 162 Å². The molecular formula is C20H28N4O4. The van der Waals surface area contributed by atoms with Crippen LogP contribution in [0.2, 0.25) is 0 Å². The average molecular weight is 388 g/mol. The summed E-state index contributed by atoms with van der Waals surface area (Å²) in [5.41, 5.74) is -0.245. The van der Waals surface area contributed by atoms with E-state index in [0.29, 0.717) is 41.8 Å². The molecule has 2 aromatic heterocycles. The van der Waals surface area contributed by atoms with E-state index in [1.165, 1.54) is 23.8 Å². The van der Waals surface area contributed by atoms with E-state index < -0.39 is 11.2 Å². The van der Waals surface area contributed by atoms with E-state index >= 15 is 0 Å². The van der Waals surface area contributed by atoms with Crippen LogP contribution >= 0.6 is 0 Å². The molecule has 8 heteroatoms. The number of hydrogen-bond donors (Lipinski definition) is 1. The number of rotatable bonds is 7. The number of aryl methyl sites for hydroxylation is 2. The number of carbonyl (C=O) groups excluding carboxylic acids is 1. The van der Waals surface area contributed by atoms with Crippen LogP contribution in [0, 0.1) is 17.8 Å². The lowest BCUT2D eigenvalue weighted by Gasteiger charge is -2.20. The lowest BCUT2D eigenvalue weighted by Crippen LogP contribution is -2.31. The number of hydrogen-bond acceptors (Lipinski definition) is 5. The topological polar surface area (TPSA) is 99.0 Å². The first kappa shape index (κ1) is 19.0. The van der Waals surface area contributed by atoms with Crippen LogP contribution in [-0.2, 0) is 29.7 Å². The number of nitrogens with zero attached hydrogens (tertiary/aromatic N) is 3. The molecule has 0 radical (unpaired) electrons. The van der Waals surface area contributed by atoms with Crippen molar-refractivity contribution in [3.8, 4) is 0 Å². The first-order valence-corrected chi connectivity index (χ1v) is 10.3. The molecule has 0 aliphatic heterocycles. The smallest absolute Gasteiger partial charge is 0.330 e. The Morgan fingerprint density at radius 3 is 2.79 bits per heavy atom. The second-order valence-corrected chi connectivity index (χ2v) is 8.32. The molecule has 2 aliphatic rings. The molecule has 2 saturated carbocycles. The first-order chi connectivity index (χ1) is 13.5. The number of nitrogens with one attached hydrogen (secondary N) is 1. The minimum absolute atomic E-state index is 0.00619. The zero-order chi connectivity index (χ0) is 19.8. The average Bonchev–Trinajstić information content (AvgIpc) is 3.34. The van der Waals surface area contributed by atoms with Crippen molar-refractivity contribution < 1.29 is 9.53 Å². The van der Waals surface area contributed by atoms with Crippen LogP contribution in [0.1, 0.15) is 57.7 Å². The van der Waals surface area contributed by atoms with E-state index in [-0.39, 0.29) is 12.6 Å². The molecule has 2 aliphatic carbocycles. The fourth-order valence-corrected chi connectivity index (χ4v) is 4.99. The van der Waals surface area contributed by atoms with Crippen LogP contribution in [-0.4, -0.2) is 25.1 Å². The number of H-pyrrole nitrogens is 1. The standard InChI is InChI=1S/C20H28N4O4/c1-3-4-7-24-18-17(19(26)22-20(24)27)23(2)15(21-18)11-28-16(25)10-14-9-12-5-6-13(14)8-12/h12-14H,3-11H2,1-2H3,(H,22,26,27). The van der Waals surface area contributed by atoms with Gasteiger partial charge in [0.15, 0.2) is 11.2 Å². The molecule has 2 fully saturated rings. The van der Waals surface area contributed by atoms with Gasteiger partial charge in [0, 0.05) is 20.0 Å². The number of unbranched alkanes of at least 4 members (excludes halogenated alkanes) is 1. The Morgan fingerprint density at radius 2 is 2.11 bits per heavy atom. The summed E-state index contributed by atoms with van der Waals surface area (Å²) in [5, 5.41) is 0. The van der Waals surface area contributed by atoms with Gasteiger partial charge in [-0.05, 0) is 43.4 Å². The number of aromatic nitrogens is 4. The number of ether oxygens (including phenoxy) is 1. The van der Waals surface area contributed by atoms with Gasteiger partial charge in [0.1, 0.15) is 12.4 Å². The van der Waals surface area contributed by atoms with Crippen molar-refractivity contribution in [1.29, 1.82) is 0 Å². The minimum atomic E-state index is -0.470. The van der Waals surface area contributed by atoms with Gasteiger partial charge in [0.25, 0.3) is 5.56 Å². The number of fused-ring (bicyclic) bond motifs is 3. The second kappa shape index (κ2) is 7.56. The number of imidazole rings is 1. The fraction of sp³-hybridized carbons (Fsp3) is 0.700. The Hall–Kier alpha value is -2.38. The molecule has 1 N–H and O–H groups in total. The minimum Gasteiger partial charge on any atom is -0.457 e. The van der Waals surface area contributed by atoms with Gasteiger partial charge < -0.3 is 9.30 Å². The monoisotopic (exact) mass is 388 g/mol. The molecule has 2 aromatic rings. The van der Waals surface area contributed by atoms with Crippen molar-refractivity contribution in [2.75, 3.05) is 0 Å². The van der Waals surface area contributed by atoms with Gasteiger partial charge in [-0.2, -0.15) is 0 Å². The molecular weight excluding hydrogens is 360 g/mol. The van der Waals surface area contributed by atoms with Gasteiger partial charge in [-0.25, -0.2) is 9.78 Å². The van der Waals surface area contributed by atoms with Crippen LogP contribution in [0.15, 0.2) is 9.59 Å². The van der Waals surface area contributed by atoms with Crippen molar-refractivity contribution in [2.45, 2.75) is 65.0 Å². The summed E-state index contributed by atoms with van der Waals surface area (Å²) < 4.78 is 8.58. The normalized spacial score (nSPS) is 23.6. The van der Waals surface area contributed by atoms with Gasteiger partial charge in [0.05, 0.1) is 0 Å². The molecule has 3 unspecified atom stereocenters. The molecule has 28 heavy (non-hydrogen) atoms. The van der Waals surface area contributed by atoms with E-state index in [9.17, 15) is 14.4 Å². The predicted molar refractivity (Wildman–Crippen MR) is 104 cm³/mol. The van der Waals surface area contributed by atoms with Crippen molar-refractivity contribution >= 4 is 17.1 Å². The summed E-state index contributed by atoms with van der Waals surface area (Å²) in [5.74, 6) is 2.20. The lowest BCUT2D eigenvalue weighted by molar-refractivity contribution is -0.146. The van der Waals surface area contributed by atoms with E-state index in [0.717, 1.165) is 25.2 Å². The summed E-state index contributed by atoms with van der Waals surface area (Å²) in [7, 11) is 1.71. The summed E-state index contributed by atoms with van der Waals surface area (Å²) in [6.45, 7) is 2.53. The molecule has 0 aromatic carbocycles. The summed E-state index contributed by atoms with van der Waals surface area (Å²) in [4.78, 5) is 43.6. The number of carbonyl (C=O) groups is 1. The summed E-state index contributed by atoms with van der Waals surface area (Å²) >= 11 is 0. The van der Waals surface area contributed by atoms with E-state index in [1.807, 2.05) is 6.92 Å². The van der Waals surface area contributed by atoms with Crippen LogP contribution < -0.4 is 11.2 Å². The molecule has 2 bridgehead atoms. The van der Waals surface area contributed by atoms with E-state index in [1.54, 1.807) is 11.6 Å². The Bertz CT molecular complexity index is 1000. The third-order valence-electron chi connectivity index (χ3n) is 6.52. The molecule has 2 heterocycles. The molecule has 3 atom stereocenters. The highest BCUT2D eigenvalue weighted by Gasteiger charge is 2.40. The number of aromatic amines is 1. The molecule has 4 rings (SSSR count). The third-order valence-corrected chi connectivity index (χ3v) is 6.52. The van der Waals surface area contributed by atoms with Crippen LogP contribution in [0.5, 0.6) is 0 Å². The van der Waals surface area contributed by atoms with Crippen molar-refractivity contribution in [1.82, 2.24) is 19.1 Å². The molecule has 152 valence electrons. The first-order valence-electron chi connectivity index (χ1n) is 10.3. The highest BCUT2D eigenvalue weighted by molar-refractivity contribution is 5.71.